The molecule has 0 saturated carbocycles. The molecule has 96 valence electrons. The van der Waals surface area contributed by atoms with Crippen LogP contribution in [0.3, 0.4) is 0 Å². The summed E-state index contributed by atoms with van der Waals surface area (Å²) in [5, 5.41) is 3.96. The molecule has 1 heterocycles. The quantitative estimate of drug-likeness (QED) is 0.911. The van der Waals surface area contributed by atoms with Crippen LogP contribution >= 0.6 is 27.5 Å². The van der Waals surface area contributed by atoms with Gasteiger partial charge in [0.15, 0.2) is 12.2 Å². The fourth-order valence-corrected chi connectivity index (χ4v) is 2.35. The lowest BCUT2D eigenvalue weighted by Gasteiger charge is -2.08. The zero-order valence-corrected chi connectivity index (χ0v) is 12.5. The van der Waals surface area contributed by atoms with Gasteiger partial charge in [-0.1, -0.05) is 41.4 Å². The van der Waals surface area contributed by atoms with Crippen molar-refractivity contribution in [2.45, 2.75) is 26.4 Å². The fourth-order valence-electron chi connectivity index (χ4n) is 1.59. The number of rotatable bonds is 4. The first kappa shape index (κ1) is 13.6. The maximum Gasteiger partial charge on any atom is 0.181 e. The van der Waals surface area contributed by atoms with Crippen LogP contribution in [0.25, 0.3) is 11.3 Å². The van der Waals surface area contributed by atoms with Crippen molar-refractivity contribution >= 4 is 27.5 Å². The van der Waals surface area contributed by atoms with E-state index in [1.165, 1.54) is 6.39 Å². The molecule has 0 aliphatic carbocycles. The summed E-state index contributed by atoms with van der Waals surface area (Å²) in [4.78, 5) is 4.23. The zero-order valence-electron chi connectivity index (χ0n) is 10.2. The number of hydrogen-bond acceptors (Lipinski definition) is 3. The van der Waals surface area contributed by atoms with Crippen molar-refractivity contribution in [2.24, 2.45) is 0 Å². The summed E-state index contributed by atoms with van der Waals surface area (Å²) in [7, 11) is 0. The van der Waals surface area contributed by atoms with Gasteiger partial charge in [-0.3, -0.25) is 0 Å². The van der Waals surface area contributed by atoms with E-state index in [1.807, 2.05) is 18.2 Å². The Balaban J connectivity index is 2.30. The Labute approximate surface area is 120 Å². The summed E-state index contributed by atoms with van der Waals surface area (Å²) in [5.74, 6) is 0.723. The van der Waals surface area contributed by atoms with E-state index in [4.69, 9.17) is 16.0 Å². The van der Waals surface area contributed by atoms with Crippen LogP contribution < -0.4 is 5.32 Å². The molecular formula is C13H14BrClN2O. The van der Waals surface area contributed by atoms with Gasteiger partial charge in [0.25, 0.3) is 0 Å². The Hall–Kier alpha value is -0.840. The number of nitrogens with zero attached hydrogens (tertiary/aromatic N) is 1. The van der Waals surface area contributed by atoms with Crippen molar-refractivity contribution in [3.05, 3.63) is 39.8 Å². The third-order valence-electron chi connectivity index (χ3n) is 2.49. The molecule has 0 aliphatic heterocycles. The van der Waals surface area contributed by atoms with Gasteiger partial charge >= 0.3 is 0 Å². The summed E-state index contributed by atoms with van der Waals surface area (Å²) in [5.41, 5.74) is 1.73. The topological polar surface area (TPSA) is 38.1 Å². The number of oxazole rings is 1. The molecule has 0 atom stereocenters. The highest BCUT2D eigenvalue weighted by atomic mass is 79.9. The Morgan fingerprint density at radius 1 is 1.44 bits per heavy atom. The summed E-state index contributed by atoms with van der Waals surface area (Å²) in [6.45, 7) is 4.84. The smallest absolute Gasteiger partial charge is 0.181 e. The summed E-state index contributed by atoms with van der Waals surface area (Å²) in [6.07, 6.45) is 1.45. The average molecular weight is 330 g/mol. The first-order chi connectivity index (χ1) is 8.58. The van der Waals surface area contributed by atoms with Crippen molar-refractivity contribution in [3.8, 4) is 11.3 Å². The van der Waals surface area contributed by atoms with Crippen molar-refractivity contribution in [3.63, 3.8) is 0 Å². The summed E-state index contributed by atoms with van der Waals surface area (Å²) < 4.78 is 6.40. The molecule has 0 saturated heterocycles. The summed E-state index contributed by atoms with van der Waals surface area (Å²) >= 11 is 9.60. The van der Waals surface area contributed by atoms with Gasteiger partial charge in [-0.05, 0) is 18.2 Å². The van der Waals surface area contributed by atoms with E-state index >= 15 is 0 Å². The second kappa shape index (κ2) is 5.87. The highest BCUT2D eigenvalue weighted by Crippen LogP contribution is 2.32. The third-order valence-corrected chi connectivity index (χ3v) is 3.30. The lowest BCUT2D eigenvalue weighted by molar-refractivity contribution is 0.563. The van der Waals surface area contributed by atoms with Gasteiger partial charge in [0.1, 0.15) is 5.69 Å². The Morgan fingerprint density at radius 2 is 2.22 bits per heavy atom. The minimum atomic E-state index is 0.398. The predicted octanol–water partition coefficient (Wildman–Crippen LogP) is 4.26. The maximum atomic E-state index is 6.22. The minimum absolute atomic E-state index is 0.398. The second-order valence-corrected chi connectivity index (χ2v) is 5.61. The zero-order chi connectivity index (χ0) is 13.1. The molecule has 2 rings (SSSR count). The number of aromatic nitrogens is 1. The van der Waals surface area contributed by atoms with E-state index in [2.05, 4.69) is 40.1 Å². The minimum Gasteiger partial charge on any atom is -0.443 e. The Morgan fingerprint density at radius 3 is 2.89 bits per heavy atom. The second-order valence-electron chi connectivity index (χ2n) is 4.29. The van der Waals surface area contributed by atoms with Crippen molar-refractivity contribution < 1.29 is 4.42 Å². The molecule has 0 bridgehead atoms. The molecule has 2 aromatic rings. The molecule has 3 nitrogen and oxygen atoms in total. The number of halogens is 2. The van der Waals surface area contributed by atoms with Crippen LogP contribution in [0, 0.1) is 0 Å². The largest absolute Gasteiger partial charge is 0.443 e. The average Bonchev–Trinajstić information content (AvgIpc) is 2.74. The van der Waals surface area contributed by atoms with Crippen molar-refractivity contribution in [2.75, 3.05) is 0 Å². The van der Waals surface area contributed by atoms with E-state index in [9.17, 15) is 0 Å². The van der Waals surface area contributed by atoms with Gasteiger partial charge < -0.3 is 9.73 Å². The van der Waals surface area contributed by atoms with Crippen molar-refractivity contribution in [1.29, 1.82) is 0 Å². The monoisotopic (exact) mass is 328 g/mol. The molecule has 0 unspecified atom stereocenters. The molecule has 0 aliphatic rings. The van der Waals surface area contributed by atoms with Crippen LogP contribution in [0.5, 0.6) is 0 Å². The molecular weight excluding hydrogens is 316 g/mol. The highest BCUT2D eigenvalue weighted by molar-refractivity contribution is 9.10. The lowest BCUT2D eigenvalue weighted by atomic mass is 10.1. The van der Waals surface area contributed by atoms with Gasteiger partial charge in [0.05, 0.1) is 5.02 Å². The predicted molar refractivity (Wildman–Crippen MR) is 76.6 cm³/mol. The fraction of sp³-hybridized carbons (Fsp3) is 0.308. The molecule has 1 aromatic carbocycles. The number of hydrogen-bond donors (Lipinski definition) is 1. The molecule has 0 radical (unpaired) electrons. The number of nitrogens with one attached hydrogen (secondary N) is 1. The standard InChI is InChI=1S/C13H14BrClN2O/c1-8(2)16-6-12-13(18-7-17-12)10-4-3-9(14)5-11(10)15/h3-5,7-8,16H,6H2,1-2H3. The van der Waals surface area contributed by atoms with Crippen molar-refractivity contribution in [1.82, 2.24) is 10.3 Å². The molecule has 1 aromatic heterocycles. The van der Waals surface area contributed by atoms with E-state index in [1.54, 1.807) is 0 Å². The first-order valence-electron chi connectivity index (χ1n) is 5.69. The van der Waals surface area contributed by atoms with Gasteiger partial charge in [-0.25, -0.2) is 4.98 Å². The van der Waals surface area contributed by atoms with Gasteiger partial charge in [0, 0.05) is 22.6 Å². The van der Waals surface area contributed by atoms with E-state index < -0.39 is 0 Å². The normalized spacial score (nSPS) is 11.2. The first-order valence-corrected chi connectivity index (χ1v) is 6.86. The Bertz CT molecular complexity index is 540. The molecule has 0 fully saturated rings. The van der Waals surface area contributed by atoms with Crippen LogP contribution in [0.15, 0.2) is 33.5 Å². The van der Waals surface area contributed by atoms with Gasteiger partial charge in [-0.15, -0.1) is 0 Å². The molecule has 5 heteroatoms. The van der Waals surface area contributed by atoms with Gasteiger partial charge in [0.2, 0.25) is 0 Å². The molecule has 18 heavy (non-hydrogen) atoms. The summed E-state index contributed by atoms with van der Waals surface area (Å²) in [6, 6.07) is 6.10. The highest BCUT2D eigenvalue weighted by Gasteiger charge is 2.14. The van der Waals surface area contributed by atoms with E-state index in [0.717, 1.165) is 21.5 Å². The van der Waals surface area contributed by atoms with E-state index in [0.29, 0.717) is 17.6 Å². The van der Waals surface area contributed by atoms with Crippen LogP contribution in [0.4, 0.5) is 0 Å². The molecule has 1 N–H and O–H groups in total. The van der Waals surface area contributed by atoms with Gasteiger partial charge in [-0.2, -0.15) is 0 Å². The van der Waals surface area contributed by atoms with Crippen LogP contribution in [0.2, 0.25) is 5.02 Å². The number of benzene rings is 1. The van der Waals surface area contributed by atoms with Crippen LogP contribution in [-0.4, -0.2) is 11.0 Å². The maximum absolute atomic E-state index is 6.22. The molecule has 0 spiro atoms. The van der Waals surface area contributed by atoms with Crippen LogP contribution in [-0.2, 0) is 6.54 Å². The SMILES string of the molecule is CC(C)NCc1ncoc1-c1ccc(Br)cc1Cl. The molecule has 0 amide bonds. The van der Waals surface area contributed by atoms with Crippen LogP contribution in [0.1, 0.15) is 19.5 Å². The third kappa shape index (κ3) is 3.13. The Kier molecular flexibility index (Phi) is 4.43. The van der Waals surface area contributed by atoms with E-state index in [-0.39, 0.29) is 0 Å². The lowest BCUT2D eigenvalue weighted by Crippen LogP contribution is -2.22.